The summed E-state index contributed by atoms with van der Waals surface area (Å²) in [5.41, 5.74) is 3.13. The largest absolute Gasteiger partial charge is 0.496 e. The molecule has 0 radical (unpaired) electrons. The van der Waals surface area contributed by atoms with Crippen LogP contribution in [0.25, 0.3) is 21.9 Å². The van der Waals surface area contributed by atoms with Crippen molar-refractivity contribution in [2.24, 2.45) is 0 Å². The van der Waals surface area contributed by atoms with Gasteiger partial charge in [0, 0.05) is 37.6 Å². The SMILES string of the molecule is COc1cccc2c1ccn2CCC(=O)NCCn1cnc2ccccc21. The van der Waals surface area contributed by atoms with Crippen molar-refractivity contribution in [2.45, 2.75) is 19.5 Å². The summed E-state index contributed by atoms with van der Waals surface area (Å²) < 4.78 is 9.53. The molecule has 27 heavy (non-hydrogen) atoms. The molecule has 1 amide bonds. The highest BCUT2D eigenvalue weighted by molar-refractivity contribution is 5.86. The van der Waals surface area contributed by atoms with E-state index in [0.717, 1.165) is 27.7 Å². The number of para-hydroxylation sites is 2. The molecule has 0 saturated carbocycles. The summed E-state index contributed by atoms with van der Waals surface area (Å²) >= 11 is 0. The van der Waals surface area contributed by atoms with Crippen LogP contribution in [0.4, 0.5) is 0 Å². The third kappa shape index (κ3) is 3.51. The van der Waals surface area contributed by atoms with Gasteiger partial charge in [0.2, 0.25) is 5.91 Å². The average Bonchev–Trinajstić information content (AvgIpc) is 3.30. The highest BCUT2D eigenvalue weighted by atomic mass is 16.5. The molecule has 0 saturated heterocycles. The predicted octanol–water partition coefficient (Wildman–Crippen LogP) is 3.21. The lowest BCUT2D eigenvalue weighted by Crippen LogP contribution is -2.27. The lowest BCUT2D eigenvalue weighted by atomic mass is 10.2. The fourth-order valence-corrected chi connectivity index (χ4v) is 3.38. The summed E-state index contributed by atoms with van der Waals surface area (Å²) in [7, 11) is 1.67. The van der Waals surface area contributed by atoms with Gasteiger partial charge >= 0.3 is 0 Å². The Morgan fingerprint density at radius 1 is 1.04 bits per heavy atom. The second-order valence-electron chi connectivity index (χ2n) is 6.43. The average molecular weight is 362 g/mol. The molecule has 2 aromatic heterocycles. The summed E-state index contributed by atoms with van der Waals surface area (Å²) in [5.74, 6) is 0.896. The van der Waals surface area contributed by atoms with Crippen LogP contribution in [0.5, 0.6) is 5.75 Å². The molecule has 2 aromatic carbocycles. The number of hydrogen-bond acceptors (Lipinski definition) is 3. The van der Waals surface area contributed by atoms with E-state index in [-0.39, 0.29) is 5.91 Å². The monoisotopic (exact) mass is 362 g/mol. The van der Waals surface area contributed by atoms with Crippen LogP contribution in [0.1, 0.15) is 6.42 Å². The Morgan fingerprint density at radius 3 is 2.78 bits per heavy atom. The fourth-order valence-electron chi connectivity index (χ4n) is 3.38. The van der Waals surface area contributed by atoms with Crippen LogP contribution < -0.4 is 10.1 Å². The molecule has 0 aliphatic rings. The number of hydrogen-bond donors (Lipinski definition) is 1. The summed E-state index contributed by atoms with van der Waals surface area (Å²) in [6.07, 6.45) is 4.25. The molecule has 2 heterocycles. The Morgan fingerprint density at radius 2 is 1.89 bits per heavy atom. The van der Waals surface area contributed by atoms with Gasteiger partial charge in [0.05, 0.1) is 30.0 Å². The van der Waals surface area contributed by atoms with Crippen LogP contribution in [0, 0.1) is 0 Å². The highest BCUT2D eigenvalue weighted by Gasteiger charge is 2.08. The fraction of sp³-hybridized carbons (Fsp3) is 0.238. The number of fused-ring (bicyclic) bond motifs is 2. The third-order valence-corrected chi connectivity index (χ3v) is 4.78. The van der Waals surface area contributed by atoms with Gasteiger partial charge in [-0.25, -0.2) is 4.98 Å². The number of carbonyl (C=O) groups is 1. The molecule has 0 fully saturated rings. The first-order valence-electron chi connectivity index (χ1n) is 9.04. The number of nitrogens with one attached hydrogen (secondary N) is 1. The molecule has 6 nitrogen and oxygen atoms in total. The first-order chi connectivity index (χ1) is 13.3. The quantitative estimate of drug-likeness (QED) is 0.549. The number of methoxy groups -OCH3 is 1. The van der Waals surface area contributed by atoms with Crippen LogP contribution in [0.2, 0.25) is 0 Å². The zero-order valence-corrected chi connectivity index (χ0v) is 15.3. The van der Waals surface area contributed by atoms with Crippen molar-refractivity contribution in [3.63, 3.8) is 0 Å². The molecule has 6 heteroatoms. The first kappa shape index (κ1) is 17.1. The van der Waals surface area contributed by atoms with Gasteiger partial charge in [-0.3, -0.25) is 4.79 Å². The molecule has 0 unspecified atom stereocenters. The Kier molecular flexibility index (Phi) is 4.78. The normalized spacial score (nSPS) is 11.1. The summed E-state index contributed by atoms with van der Waals surface area (Å²) in [6, 6.07) is 16.0. The van der Waals surface area contributed by atoms with E-state index in [1.54, 1.807) is 7.11 Å². The number of nitrogens with zero attached hydrogens (tertiary/aromatic N) is 3. The van der Waals surface area contributed by atoms with Crippen molar-refractivity contribution in [1.82, 2.24) is 19.4 Å². The standard InChI is InChI=1S/C21H22N4O2/c1-27-20-8-4-7-18-16(20)9-12-24(18)13-10-21(26)22-11-14-25-15-23-17-5-2-3-6-19(17)25/h2-9,12,15H,10-11,13-14H2,1H3,(H,22,26). The van der Waals surface area contributed by atoms with Gasteiger partial charge in [0.15, 0.2) is 0 Å². The summed E-state index contributed by atoms with van der Waals surface area (Å²) in [5, 5.41) is 4.06. The van der Waals surface area contributed by atoms with Crippen LogP contribution in [0.3, 0.4) is 0 Å². The number of aryl methyl sites for hydroxylation is 1. The maximum atomic E-state index is 12.2. The van der Waals surface area contributed by atoms with Crippen LogP contribution in [0.15, 0.2) is 61.1 Å². The van der Waals surface area contributed by atoms with E-state index in [4.69, 9.17) is 4.74 Å². The molecule has 0 atom stereocenters. The van der Waals surface area contributed by atoms with E-state index in [1.165, 1.54) is 0 Å². The topological polar surface area (TPSA) is 61.1 Å². The number of aromatic nitrogens is 3. The van der Waals surface area contributed by atoms with Gasteiger partial charge in [0.1, 0.15) is 5.75 Å². The van der Waals surface area contributed by atoms with Crippen LogP contribution >= 0.6 is 0 Å². The van der Waals surface area contributed by atoms with Crippen molar-refractivity contribution in [3.8, 4) is 5.75 Å². The molecular formula is C21H22N4O2. The summed E-state index contributed by atoms with van der Waals surface area (Å²) in [4.78, 5) is 16.6. The molecular weight excluding hydrogens is 340 g/mol. The highest BCUT2D eigenvalue weighted by Crippen LogP contribution is 2.26. The molecule has 0 bridgehead atoms. The molecule has 1 N–H and O–H groups in total. The van der Waals surface area contributed by atoms with Crippen molar-refractivity contribution in [1.29, 1.82) is 0 Å². The van der Waals surface area contributed by atoms with E-state index >= 15 is 0 Å². The number of benzene rings is 2. The molecule has 4 rings (SSSR count). The Balaban J connectivity index is 1.31. The number of ether oxygens (including phenoxy) is 1. The predicted molar refractivity (Wildman–Crippen MR) is 106 cm³/mol. The van der Waals surface area contributed by atoms with Crippen molar-refractivity contribution in [3.05, 3.63) is 61.1 Å². The smallest absolute Gasteiger partial charge is 0.221 e. The van der Waals surface area contributed by atoms with Gasteiger partial charge in [-0.15, -0.1) is 0 Å². The number of carbonyl (C=O) groups excluding carboxylic acids is 1. The van der Waals surface area contributed by atoms with E-state index in [9.17, 15) is 4.79 Å². The minimum absolute atomic E-state index is 0.0455. The van der Waals surface area contributed by atoms with E-state index in [0.29, 0.717) is 26.1 Å². The molecule has 0 spiro atoms. The van der Waals surface area contributed by atoms with Gasteiger partial charge in [0.25, 0.3) is 0 Å². The molecule has 0 aliphatic carbocycles. The van der Waals surface area contributed by atoms with Gasteiger partial charge < -0.3 is 19.2 Å². The lowest BCUT2D eigenvalue weighted by molar-refractivity contribution is -0.121. The Hall–Kier alpha value is -3.28. The Labute approximate surface area is 157 Å². The zero-order valence-electron chi connectivity index (χ0n) is 15.3. The molecule has 0 aliphatic heterocycles. The third-order valence-electron chi connectivity index (χ3n) is 4.78. The van der Waals surface area contributed by atoms with Gasteiger partial charge in [-0.05, 0) is 30.3 Å². The molecule has 4 aromatic rings. The van der Waals surface area contributed by atoms with E-state index in [1.807, 2.05) is 61.1 Å². The minimum atomic E-state index is 0.0455. The Bertz CT molecular complexity index is 1080. The van der Waals surface area contributed by atoms with Crippen molar-refractivity contribution in [2.75, 3.05) is 13.7 Å². The number of amides is 1. The van der Waals surface area contributed by atoms with Crippen LogP contribution in [-0.4, -0.2) is 33.7 Å². The van der Waals surface area contributed by atoms with E-state index in [2.05, 4.69) is 19.4 Å². The molecule has 138 valence electrons. The number of rotatable bonds is 7. The second kappa shape index (κ2) is 7.53. The van der Waals surface area contributed by atoms with Crippen LogP contribution in [-0.2, 0) is 17.9 Å². The van der Waals surface area contributed by atoms with Crippen molar-refractivity contribution < 1.29 is 9.53 Å². The second-order valence-corrected chi connectivity index (χ2v) is 6.43. The van der Waals surface area contributed by atoms with E-state index < -0.39 is 0 Å². The number of imidazole rings is 1. The maximum Gasteiger partial charge on any atom is 0.221 e. The van der Waals surface area contributed by atoms with Crippen molar-refractivity contribution >= 4 is 27.8 Å². The first-order valence-corrected chi connectivity index (χ1v) is 9.04. The zero-order chi connectivity index (χ0) is 18.6. The van der Waals surface area contributed by atoms with Gasteiger partial charge in [-0.1, -0.05) is 18.2 Å². The maximum absolute atomic E-state index is 12.2. The summed E-state index contributed by atoms with van der Waals surface area (Å²) in [6.45, 7) is 1.92. The minimum Gasteiger partial charge on any atom is -0.496 e. The lowest BCUT2D eigenvalue weighted by Gasteiger charge is -2.09. The van der Waals surface area contributed by atoms with Gasteiger partial charge in [-0.2, -0.15) is 0 Å².